The van der Waals surface area contributed by atoms with E-state index >= 15 is 0 Å². The van der Waals surface area contributed by atoms with Gasteiger partial charge in [0.1, 0.15) is 0 Å². The number of benzene rings is 1. The molecule has 10 heavy (non-hydrogen) atoms. The minimum absolute atomic E-state index is 1.31. The first-order chi connectivity index (χ1) is 4.88. The van der Waals surface area contributed by atoms with Crippen molar-refractivity contribution in [1.29, 1.82) is 0 Å². The second-order valence-corrected chi connectivity index (χ2v) is 2.21. The molecule has 0 saturated heterocycles. The first kappa shape index (κ1) is 7.07. The Labute approximate surface area is 61.5 Å². The lowest BCUT2D eigenvalue weighted by atomic mass is 10.2. The van der Waals surface area contributed by atoms with Crippen molar-refractivity contribution in [3.05, 3.63) is 34.7 Å². The standard InChI is InChI=1S/C10H12/c1-3-9-7-5-6-8-10(9)4-2/h3-8H,1-2H3/b9-3-,10-4+. The quantitative estimate of drug-likeness (QED) is 0.499. The van der Waals surface area contributed by atoms with E-state index in [9.17, 15) is 0 Å². The van der Waals surface area contributed by atoms with Gasteiger partial charge in [-0.15, -0.1) is 0 Å². The molecule has 0 atom stereocenters. The van der Waals surface area contributed by atoms with Gasteiger partial charge < -0.3 is 0 Å². The van der Waals surface area contributed by atoms with Gasteiger partial charge >= 0.3 is 0 Å². The lowest BCUT2D eigenvalue weighted by Crippen LogP contribution is -2.22. The summed E-state index contributed by atoms with van der Waals surface area (Å²) in [4.78, 5) is 0. The lowest BCUT2D eigenvalue weighted by molar-refractivity contribution is 1.50. The molecule has 0 N–H and O–H groups in total. The third kappa shape index (κ3) is 1.27. The van der Waals surface area contributed by atoms with Crippen LogP contribution in [0.5, 0.6) is 0 Å². The first-order valence-corrected chi connectivity index (χ1v) is 3.56. The van der Waals surface area contributed by atoms with Crippen molar-refractivity contribution >= 4 is 12.2 Å². The largest absolute Gasteiger partial charge is 0.0798 e. The molecule has 0 aliphatic carbocycles. The lowest BCUT2D eigenvalue weighted by Gasteiger charge is -1.85. The van der Waals surface area contributed by atoms with Crippen LogP contribution in [-0.2, 0) is 0 Å². The zero-order valence-electron chi connectivity index (χ0n) is 6.46. The van der Waals surface area contributed by atoms with Gasteiger partial charge in [-0.3, -0.25) is 0 Å². The van der Waals surface area contributed by atoms with Gasteiger partial charge in [0.15, 0.2) is 0 Å². The van der Waals surface area contributed by atoms with E-state index < -0.39 is 0 Å². The Morgan fingerprint density at radius 2 is 1.30 bits per heavy atom. The molecule has 1 aromatic carbocycles. The Bertz CT molecular complexity index is 274. The third-order valence-corrected chi connectivity index (χ3v) is 1.62. The van der Waals surface area contributed by atoms with Gasteiger partial charge in [-0.2, -0.15) is 0 Å². The van der Waals surface area contributed by atoms with Gasteiger partial charge in [-0.05, 0) is 24.3 Å². The Morgan fingerprint density at radius 3 is 1.60 bits per heavy atom. The topological polar surface area (TPSA) is 0 Å². The Morgan fingerprint density at radius 1 is 0.900 bits per heavy atom. The fourth-order valence-corrected chi connectivity index (χ4v) is 1.04. The zero-order valence-corrected chi connectivity index (χ0v) is 6.46. The third-order valence-electron chi connectivity index (χ3n) is 1.62. The molecule has 1 aromatic rings. The summed E-state index contributed by atoms with van der Waals surface area (Å²) in [5, 5.41) is 2.62. The molecular formula is C10H12. The maximum absolute atomic E-state index is 2.12. The molecular weight excluding hydrogens is 120 g/mol. The van der Waals surface area contributed by atoms with Crippen LogP contribution in [0, 0.1) is 0 Å². The minimum atomic E-state index is 1.31. The number of rotatable bonds is 0. The highest BCUT2D eigenvalue weighted by atomic mass is 13.8. The van der Waals surface area contributed by atoms with Crippen LogP contribution in [0.4, 0.5) is 0 Å². The molecule has 0 aliphatic heterocycles. The molecule has 52 valence electrons. The van der Waals surface area contributed by atoms with Gasteiger partial charge in [0, 0.05) is 0 Å². The molecule has 0 heteroatoms. The number of hydrogen-bond acceptors (Lipinski definition) is 0. The van der Waals surface area contributed by atoms with Gasteiger partial charge in [-0.1, -0.05) is 36.4 Å². The summed E-state index contributed by atoms with van der Waals surface area (Å²) >= 11 is 0. The van der Waals surface area contributed by atoms with Crippen LogP contribution in [0.15, 0.2) is 24.3 Å². The van der Waals surface area contributed by atoms with E-state index in [2.05, 4.69) is 50.3 Å². The summed E-state index contributed by atoms with van der Waals surface area (Å²) in [7, 11) is 0. The maximum Gasteiger partial charge on any atom is -0.0230 e. The van der Waals surface area contributed by atoms with Crippen molar-refractivity contribution in [2.24, 2.45) is 0 Å². The van der Waals surface area contributed by atoms with Crippen molar-refractivity contribution in [2.75, 3.05) is 0 Å². The van der Waals surface area contributed by atoms with Gasteiger partial charge in [0.25, 0.3) is 0 Å². The van der Waals surface area contributed by atoms with Crippen LogP contribution >= 0.6 is 0 Å². The van der Waals surface area contributed by atoms with Crippen LogP contribution in [-0.4, -0.2) is 0 Å². The molecule has 0 spiro atoms. The molecule has 0 unspecified atom stereocenters. The number of hydrogen-bond donors (Lipinski definition) is 0. The van der Waals surface area contributed by atoms with Crippen LogP contribution in [0.3, 0.4) is 0 Å². The molecule has 0 aromatic heterocycles. The molecule has 0 heterocycles. The summed E-state index contributed by atoms with van der Waals surface area (Å²) in [5.41, 5.74) is 0. The monoisotopic (exact) mass is 132 g/mol. The van der Waals surface area contributed by atoms with E-state index in [1.165, 1.54) is 10.4 Å². The second-order valence-electron chi connectivity index (χ2n) is 2.21. The highest BCUT2D eigenvalue weighted by Gasteiger charge is 1.77. The molecule has 1 rings (SSSR count). The van der Waals surface area contributed by atoms with Crippen molar-refractivity contribution in [1.82, 2.24) is 0 Å². The van der Waals surface area contributed by atoms with Crippen molar-refractivity contribution in [3.8, 4) is 0 Å². The highest BCUT2D eigenvalue weighted by Crippen LogP contribution is 1.71. The molecule has 0 saturated carbocycles. The summed E-state index contributed by atoms with van der Waals surface area (Å²) in [5.74, 6) is 0. The second kappa shape index (κ2) is 3.21. The molecule has 0 nitrogen and oxygen atoms in total. The van der Waals surface area contributed by atoms with E-state index in [0.29, 0.717) is 0 Å². The van der Waals surface area contributed by atoms with Gasteiger partial charge in [0.2, 0.25) is 0 Å². The smallest absolute Gasteiger partial charge is 0.0230 e. The van der Waals surface area contributed by atoms with Gasteiger partial charge in [0.05, 0.1) is 0 Å². The fraction of sp³-hybridized carbons (Fsp3) is 0.200. The maximum atomic E-state index is 2.12. The molecule has 0 radical (unpaired) electrons. The van der Waals surface area contributed by atoms with Gasteiger partial charge in [-0.25, -0.2) is 0 Å². The Hall–Kier alpha value is -1.04. The first-order valence-electron chi connectivity index (χ1n) is 3.56. The van der Waals surface area contributed by atoms with E-state index in [0.717, 1.165) is 0 Å². The van der Waals surface area contributed by atoms with Crippen LogP contribution in [0.25, 0.3) is 12.2 Å². The van der Waals surface area contributed by atoms with E-state index in [1.807, 2.05) is 0 Å². The predicted molar refractivity (Wildman–Crippen MR) is 46.0 cm³/mol. The summed E-state index contributed by atoms with van der Waals surface area (Å²) < 4.78 is 0. The predicted octanol–water partition coefficient (Wildman–Crippen LogP) is 1.29. The fourth-order valence-electron chi connectivity index (χ4n) is 1.04. The van der Waals surface area contributed by atoms with Crippen LogP contribution in [0.2, 0.25) is 0 Å². The average Bonchev–Trinajstić information content (AvgIpc) is 2.04. The summed E-state index contributed by atoms with van der Waals surface area (Å²) in [6.07, 6.45) is 4.24. The highest BCUT2D eigenvalue weighted by molar-refractivity contribution is 5.28. The van der Waals surface area contributed by atoms with E-state index in [-0.39, 0.29) is 0 Å². The van der Waals surface area contributed by atoms with E-state index in [4.69, 9.17) is 0 Å². The van der Waals surface area contributed by atoms with Crippen molar-refractivity contribution in [3.63, 3.8) is 0 Å². The normalized spacial score (nSPS) is 14.2. The van der Waals surface area contributed by atoms with Crippen molar-refractivity contribution in [2.45, 2.75) is 13.8 Å². The minimum Gasteiger partial charge on any atom is -0.0798 e. The molecule has 0 bridgehead atoms. The van der Waals surface area contributed by atoms with Crippen molar-refractivity contribution < 1.29 is 0 Å². The van der Waals surface area contributed by atoms with Crippen LogP contribution < -0.4 is 10.4 Å². The Kier molecular flexibility index (Phi) is 2.27. The average molecular weight is 132 g/mol. The molecule has 0 amide bonds. The SMILES string of the molecule is C/C=c1/cccc/c1=C\C. The molecule has 0 fully saturated rings. The van der Waals surface area contributed by atoms with E-state index in [1.54, 1.807) is 0 Å². The summed E-state index contributed by atoms with van der Waals surface area (Å²) in [6.45, 7) is 4.12. The Balaban J connectivity index is 3.53. The summed E-state index contributed by atoms with van der Waals surface area (Å²) in [6, 6.07) is 8.36. The van der Waals surface area contributed by atoms with Crippen LogP contribution in [0.1, 0.15) is 13.8 Å². The zero-order chi connectivity index (χ0) is 7.40. The molecule has 0 aliphatic rings.